The van der Waals surface area contributed by atoms with Crippen molar-refractivity contribution in [3.63, 3.8) is 0 Å². The zero-order chi connectivity index (χ0) is 26.2. The lowest BCUT2D eigenvalue weighted by atomic mass is 9.86. The Balaban J connectivity index is 1.43. The molecule has 0 aromatic heterocycles. The van der Waals surface area contributed by atoms with Crippen LogP contribution < -0.4 is 32.4 Å². The van der Waals surface area contributed by atoms with E-state index >= 15 is 0 Å². The summed E-state index contributed by atoms with van der Waals surface area (Å²) in [5, 5.41) is 8.74. The van der Waals surface area contributed by atoms with Gasteiger partial charge in [-0.05, 0) is 80.5 Å². The monoisotopic (exact) mass is 539 g/mol. The van der Waals surface area contributed by atoms with Crippen LogP contribution in [0.5, 0.6) is 0 Å². The highest BCUT2D eigenvalue weighted by atomic mass is 32.2. The third-order valence-electron chi connectivity index (χ3n) is 7.62. The van der Waals surface area contributed by atoms with Crippen LogP contribution in [-0.2, 0) is 16.2 Å². The Morgan fingerprint density at radius 1 is 0.892 bits per heavy atom. The van der Waals surface area contributed by atoms with E-state index in [1.165, 1.54) is 24.5 Å². The summed E-state index contributed by atoms with van der Waals surface area (Å²) in [4.78, 5) is 1.64. The minimum atomic E-state index is -4.90. The summed E-state index contributed by atoms with van der Waals surface area (Å²) in [5.41, 5.74) is 11.1. The molecule has 3 aliphatic heterocycles. The van der Waals surface area contributed by atoms with Crippen molar-refractivity contribution in [1.82, 2.24) is 32.1 Å². The number of alkyl halides is 3. The van der Waals surface area contributed by atoms with Gasteiger partial charge in [0.25, 0.3) is 0 Å². The van der Waals surface area contributed by atoms with Crippen LogP contribution in [0.3, 0.4) is 0 Å². The number of benzene rings is 2. The van der Waals surface area contributed by atoms with Crippen LogP contribution in [0.4, 0.5) is 13.2 Å². The number of sulfonamides is 1. The molecular formula is C24H32F3N7O2S. The fraction of sp³-hybridized carbons (Fsp3) is 0.500. The average Bonchev–Trinajstić information content (AvgIpc) is 3.42. The third kappa shape index (κ3) is 5.68. The Morgan fingerprint density at radius 3 is 2.08 bits per heavy atom. The van der Waals surface area contributed by atoms with Crippen molar-refractivity contribution < 1.29 is 21.6 Å². The lowest BCUT2D eigenvalue weighted by Crippen LogP contribution is -2.46. The van der Waals surface area contributed by atoms with Crippen LogP contribution in [0.15, 0.2) is 41.3 Å². The minimum Gasteiger partial charge on any atom is -0.317 e. The normalized spacial score (nSPS) is 21.5. The Hall–Kier alpha value is -2.10. The summed E-state index contributed by atoms with van der Waals surface area (Å²) in [7, 11) is -4.72. The van der Waals surface area contributed by atoms with Crippen LogP contribution in [0.25, 0.3) is 11.1 Å². The van der Waals surface area contributed by atoms with Crippen molar-refractivity contribution in [1.29, 1.82) is 0 Å². The first kappa shape index (κ1) is 26.5. The number of hydrazine groups is 3. The number of rotatable bonds is 5. The maximum atomic E-state index is 13.8. The zero-order valence-corrected chi connectivity index (χ0v) is 21.1. The zero-order valence-electron chi connectivity index (χ0n) is 20.2. The summed E-state index contributed by atoms with van der Waals surface area (Å²) in [6.45, 7) is 4.25. The molecule has 2 aromatic carbocycles. The molecule has 3 aliphatic rings. The summed E-state index contributed by atoms with van der Waals surface area (Å²) in [6, 6.07) is 10.4. The minimum absolute atomic E-state index is 0.113. The van der Waals surface area contributed by atoms with Gasteiger partial charge in [-0.2, -0.15) is 24.2 Å². The van der Waals surface area contributed by atoms with Crippen LogP contribution in [0.1, 0.15) is 54.5 Å². The molecule has 3 heterocycles. The Labute approximate surface area is 214 Å². The Kier molecular flexibility index (Phi) is 7.58. The quantitative estimate of drug-likeness (QED) is 0.342. The number of hydrogen-bond donors (Lipinski definition) is 6. The van der Waals surface area contributed by atoms with Crippen molar-refractivity contribution in [3.05, 3.63) is 53.1 Å². The molecule has 0 spiro atoms. The van der Waals surface area contributed by atoms with Crippen molar-refractivity contribution in [3.8, 4) is 11.1 Å². The second kappa shape index (κ2) is 10.6. The van der Waals surface area contributed by atoms with E-state index in [0.29, 0.717) is 23.1 Å². The number of piperidine rings is 2. The largest absolute Gasteiger partial charge is 0.417 e. The molecule has 0 aliphatic carbocycles. The van der Waals surface area contributed by atoms with Gasteiger partial charge < -0.3 is 10.2 Å². The third-order valence-corrected chi connectivity index (χ3v) is 8.63. The van der Waals surface area contributed by atoms with Gasteiger partial charge in [-0.1, -0.05) is 30.3 Å². The molecule has 37 heavy (non-hydrogen) atoms. The van der Waals surface area contributed by atoms with Crippen LogP contribution in [0.2, 0.25) is 0 Å². The topological polar surface area (TPSA) is 124 Å². The van der Waals surface area contributed by atoms with Gasteiger partial charge in [0.1, 0.15) is 11.1 Å². The van der Waals surface area contributed by atoms with Gasteiger partial charge in [-0.25, -0.2) is 24.4 Å². The SMILES string of the molecule is NS(=O)(=O)c1c(C(F)(F)F)ccc(-c2ccc(C3CCN(C4CCNCC4)CC3)cc2)c1C1NNNN1. The van der Waals surface area contributed by atoms with E-state index in [2.05, 4.69) is 32.1 Å². The first-order chi connectivity index (χ1) is 17.6. The van der Waals surface area contributed by atoms with Crippen LogP contribution in [-0.4, -0.2) is 45.5 Å². The number of nitrogens with one attached hydrogen (secondary N) is 5. The van der Waals surface area contributed by atoms with Gasteiger partial charge in [-0.3, -0.25) is 0 Å². The first-order valence-electron chi connectivity index (χ1n) is 12.5. The van der Waals surface area contributed by atoms with E-state index in [1.54, 1.807) is 0 Å². The van der Waals surface area contributed by atoms with Crippen molar-refractivity contribution >= 4 is 10.0 Å². The fourth-order valence-corrected chi connectivity index (χ4v) is 6.79. The molecule has 0 bridgehead atoms. The van der Waals surface area contributed by atoms with E-state index in [0.717, 1.165) is 45.1 Å². The molecule has 0 amide bonds. The molecule has 7 N–H and O–H groups in total. The highest BCUT2D eigenvalue weighted by Crippen LogP contribution is 2.42. The molecule has 3 saturated heterocycles. The second-order valence-electron chi connectivity index (χ2n) is 9.83. The number of halogens is 3. The molecule has 2 aromatic rings. The standard InChI is InChI=1S/C24H32F3N7O2S/c25-24(26,27)20-6-5-19(21(22(20)37(28,35)36)23-30-32-33-31-23)17-3-1-15(2-4-17)16-9-13-34(14-10-16)18-7-11-29-12-8-18/h1-6,16,18,23,29-33H,7-14H2,(H2,28,35,36). The average molecular weight is 540 g/mol. The number of nitrogens with zero attached hydrogens (tertiary/aromatic N) is 1. The van der Waals surface area contributed by atoms with Gasteiger partial charge in [0.2, 0.25) is 10.0 Å². The maximum absolute atomic E-state index is 13.8. The molecule has 202 valence electrons. The molecule has 0 atom stereocenters. The first-order valence-corrected chi connectivity index (χ1v) is 14.0. The molecule has 13 heteroatoms. The number of nitrogens with two attached hydrogens (primary N) is 1. The molecular weight excluding hydrogens is 507 g/mol. The van der Waals surface area contributed by atoms with Crippen molar-refractivity contribution in [2.24, 2.45) is 5.14 Å². The molecule has 9 nitrogen and oxygen atoms in total. The Morgan fingerprint density at radius 2 is 1.51 bits per heavy atom. The van der Waals surface area contributed by atoms with Gasteiger partial charge in [-0.15, -0.1) is 0 Å². The van der Waals surface area contributed by atoms with E-state index in [9.17, 15) is 21.6 Å². The summed E-state index contributed by atoms with van der Waals surface area (Å²) in [5.74, 6) is 0.408. The number of hydrogen-bond acceptors (Lipinski definition) is 8. The lowest BCUT2D eigenvalue weighted by molar-refractivity contribution is -0.140. The predicted octanol–water partition coefficient (Wildman–Crippen LogP) is 2.07. The Bertz CT molecular complexity index is 1200. The summed E-state index contributed by atoms with van der Waals surface area (Å²) < 4.78 is 66.2. The highest BCUT2D eigenvalue weighted by molar-refractivity contribution is 7.89. The molecule has 0 radical (unpaired) electrons. The molecule has 0 unspecified atom stereocenters. The van der Waals surface area contributed by atoms with Crippen molar-refractivity contribution in [2.75, 3.05) is 26.2 Å². The van der Waals surface area contributed by atoms with E-state index in [4.69, 9.17) is 5.14 Å². The van der Waals surface area contributed by atoms with Gasteiger partial charge >= 0.3 is 6.18 Å². The number of primary sulfonamides is 1. The molecule has 3 fully saturated rings. The van der Waals surface area contributed by atoms with Crippen LogP contribution >= 0.6 is 0 Å². The van der Waals surface area contributed by atoms with E-state index in [1.807, 2.05) is 24.3 Å². The lowest BCUT2D eigenvalue weighted by Gasteiger charge is -2.39. The van der Waals surface area contributed by atoms with Crippen LogP contribution in [0, 0.1) is 0 Å². The maximum Gasteiger partial charge on any atom is 0.417 e. The number of likely N-dealkylation sites (tertiary alicyclic amines) is 1. The smallest absolute Gasteiger partial charge is 0.317 e. The van der Waals surface area contributed by atoms with Gasteiger partial charge in [0, 0.05) is 11.6 Å². The summed E-state index contributed by atoms with van der Waals surface area (Å²) in [6.07, 6.45) is -1.41. The fourth-order valence-electron chi connectivity index (χ4n) is 5.77. The van der Waals surface area contributed by atoms with E-state index < -0.39 is 32.8 Å². The van der Waals surface area contributed by atoms with Gasteiger partial charge in [0.15, 0.2) is 0 Å². The molecule has 0 saturated carbocycles. The highest BCUT2D eigenvalue weighted by Gasteiger charge is 2.40. The second-order valence-corrected chi connectivity index (χ2v) is 11.3. The molecule has 5 rings (SSSR count). The van der Waals surface area contributed by atoms with Crippen molar-refractivity contribution in [2.45, 2.75) is 54.9 Å². The van der Waals surface area contributed by atoms with Gasteiger partial charge in [0.05, 0.1) is 5.56 Å². The predicted molar refractivity (Wildman–Crippen MR) is 133 cm³/mol. The summed E-state index contributed by atoms with van der Waals surface area (Å²) >= 11 is 0. The van der Waals surface area contributed by atoms with E-state index in [-0.39, 0.29) is 5.56 Å².